The monoisotopic (exact) mass is 641 g/mol. The summed E-state index contributed by atoms with van der Waals surface area (Å²) in [6.45, 7) is 8.99. The maximum atomic E-state index is 13.3. The lowest BCUT2D eigenvalue weighted by Crippen LogP contribution is -2.37. The number of hydrogen-bond donors (Lipinski definition) is 4. The van der Waals surface area contributed by atoms with Gasteiger partial charge in [-0.2, -0.15) is 0 Å². The molecule has 3 aromatic heterocycles. The Labute approximate surface area is 274 Å². The molecule has 47 heavy (non-hydrogen) atoms. The highest BCUT2D eigenvalue weighted by Gasteiger charge is 2.40. The summed E-state index contributed by atoms with van der Waals surface area (Å²) < 4.78 is 8.65. The van der Waals surface area contributed by atoms with Crippen molar-refractivity contribution in [2.75, 3.05) is 32.1 Å². The number of aromatic nitrogens is 5. The fraction of sp³-hybridized carbons (Fsp3) is 0.471. The predicted molar refractivity (Wildman–Crippen MR) is 176 cm³/mol. The average molecular weight is 642 g/mol. The zero-order valence-corrected chi connectivity index (χ0v) is 27.6. The first-order chi connectivity index (χ1) is 22.5. The summed E-state index contributed by atoms with van der Waals surface area (Å²) in [7, 11) is 2.13. The molecule has 3 amide bonds. The van der Waals surface area contributed by atoms with E-state index >= 15 is 0 Å². The molecule has 0 radical (unpaired) electrons. The van der Waals surface area contributed by atoms with E-state index in [2.05, 4.69) is 55.0 Å². The molecule has 2 aliphatic rings. The highest BCUT2D eigenvalue weighted by molar-refractivity contribution is 5.92. The Hall–Kier alpha value is -4.62. The van der Waals surface area contributed by atoms with Crippen molar-refractivity contribution in [2.45, 2.75) is 76.5 Å². The number of carbonyl (C=O) groups is 2. The minimum absolute atomic E-state index is 0.0738. The van der Waals surface area contributed by atoms with E-state index in [-0.39, 0.29) is 42.5 Å². The van der Waals surface area contributed by atoms with Gasteiger partial charge in [0.15, 0.2) is 11.5 Å². The Kier molecular flexibility index (Phi) is 8.86. The first kappa shape index (κ1) is 32.3. The molecular formula is C34H43N9O4. The fourth-order valence-corrected chi connectivity index (χ4v) is 6.43. The largest absolute Gasteiger partial charge is 0.484 e. The molecule has 4 heterocycles. The quantitative estimate of drug-likeness (QED) is 0.221. The van der Waals surface area contributed by atoms with E-state index in [9.17, 15) is 9.59 Å². The van der Waals surface area contributed by atoms with Crippen LogP contribution in [-0.2, 0) is 11.0 Å². The number of benzene rings is 1. The first-order valence-corrected chi connectivity index (χ1v) is 16.1. The number of hydrogen-bond acceptors (Lipinski definition) is 9. The second-order valence-corrected chi connectivity index (χ2v) is 13.6. The summed E-state index contributed by atoms with van der Waals surface area (Å²) in [5.41, 5.74) is 2.78. The van der Waals surface area contributed by atoms with Gasteiger partial charge in [0.25, 0.3) is 5.91 Å². The number of pyridine rings is 1. The van der Waals surface area contributed by atoms with Crippen LogP contribution in [0, 0.1) is 0 Å². The fourth-order valence-electron chi connectivity index (χ4n) is 6.43. The van der Waals surface area contributed by atoms with Crippen LogP contribution >= 0.6 is 0 Å². The maximum Gasteiger partial charge on any atom is 0.320 e. The lowest BCUT2D eigenvalue weighted by atomic mass is 9.85. The number of fused-ring (bicyclic) bond motifs is 2. The number of ether oxygens (including phenoxy) is 1. The van der Waals surface area contributed by atoms with E-state index in [1.54, 1.807) is 6.07 Å². The third-order valence-corrected chi connectivity index (χ3v) is 9.21. The lowest BCUT2D eigenvalue weighted by molar-refractivity contribution is 0.0934. The third-order valence-electron chi connectivity index (χ3n) is 9.21. The molecule has 1 saturated heterocycles. The van der Waals surface area contributed by atoms with Gasteiger partial charge < -0.3 is 20.5 Å². The van der Waals surface area contributed by atoms with E-state index in [1.807, 2.05) is 67.8 Å². The predicted octanol–water partition coefficient (Wildman–Crippen LogP) is 4.26. The third kappa shape index (κ3) is 6.63. The SMILES string of the molecule is CN1CCCC1(C)c1nnc2ccc(O[C@@H]3CC[C@H](NC(=O)Nc4cc(C(C)(C)C)nc(C(=O)NCCO)n4)c4ccccc43)cn12. The molecule has 13 nitrogen and oxygen atoms in total. The van der Waals surface area contributed by atoms with Crippen molar-refractivity contribution in [3.05, 3.63) is 77.1 Å². The van der Waals surface area contributed by atoms with Gasteiger partial charge in [0.1, 0.15) is 17.7 Å². The molecule has 1 aliphatic heterocycles. The van der Waals surface area contributed by atoms with Crippen LogP contribution in [0.25, 0.3) is 5.65 Å². The molecule has 0 spiro atoms. The zero-order chi connectivity index (χ0) is 33.3. The summed E-state index contributed by atoms with van der Waals surface area (Å²) >= 11 is 0. The van der Waals surface area contributed by atoms with Crippen LogP contribution in [0.3, 0.4) is 0 Å². The molecule has 6 rings (SSSR count). The number of rotatable bonds is 8. The number of urea groups is 1. The number of carbonyl (C=O) groups excluding carboxylic acids is 2. The minimum Gasteiger partial charge on any atom is -0.484 e. The van der Waals surface area contributed by atoms with Crippen molar-refractivity contribution in [3.8, 4) is 5.75 Å². The molecule has 248 valence electrons. The summed E-state index contributed by atoms with van der Waals surface area (Å²) in [4.78, 5) is 36.9. The van der Waals surface area contributed by atoms with E-state index in [0.717, 1.165) is 47.7 Å². The van der Waals surface area contributed by atoms with Gasteiger partial charge in [-0.05, 0) is 69.5 Å². The van der Waals surface area contributed by atoms with Crippen molar-refractivity contribution in [3.63, 3.8) is 0 Å². The number of aliphatic hydroxyl groups is 1. The van der Waals surface area contributed by atoms with Crippen molar-refractivity contribution in [1.82, 2.24) is 40.1 Å². The van der Waals surface area contributed by atoms with Gasteiger partial charge >= 0.3 is 6.03 Å². The molecular weight excluding hydrogens is 598 g/mol. The molecule has 4 N–H and O–H groups in total. The van der Waals surface area contributed by atoms with E-state index in [4.69, 9.17) is 9.84 Å². The zero-order valence-electron chi connectivity index (χ0n) is 27.6. The molecule has 1 unspecified atom stereocenters. The van der Waals surface area contributed by atoms with Crippen LogP contribution in [0.15, 0.2) is 48.7 Å². The summed E-state index contributed by atoms with van der Waals surface area (Å²) in [5.74, 6) is 1.24. The molecule has 4 aromatic rings. The second-order valence-electron chi connectivity index (χ2n) is 13.6. The Morgan fingerprint density at radius 1 is 1.09 bits per heavy atom. The molecule has 1 aromatic carbocycles. The van der Waals surface area contributed by atoms with E-state index < -0.39 is 17.4 Å². The number of nitrogens with one attached hydrogen (secondary N) is 3. The molecule has 1 fully saturated rings. The Morgan fingerprint density at radius 2 is 1.87 bits per heavy atom. The molecule has 13 heteroatoms. The average Bonchev–Trinajstić information content (AvgIpc) is 3.63. The number of anilines is 1. The summed E-state index contributed by atoms with van der Waals surface area (Å²) in [5, 5.41) is 26.5. The van der Waals surface area contributed by atoms with Crippen LogP contribution in [0.5, 0.6) is 5.75 Å². The van der Waals surface area contributed by atoms with Gasteiger partial charge in [0.05, 0.1) is 30.1 Å². The van der Waals surface area contributed by atoms with Crippen molar-refractivity contribution >= 4 is 23.4 Å². The maximum absolute atomic E-state index is 13.3. The summed E-state index contributed by atoms with van der Waals surface area (Å²) in [6, 6.07) is 12.8. The van der Waals surface area contributed by atoms with Gasteiger partial charge in [0.2, 0.25) is 5.82 Å². The van der Waals surface area contributed by atoms with E-state index in [1.165, 1.54) is 0 Å². The topological polar surface area (TPSA) is 159 Å². The van der Waals surface area contributed by atoms with E-state index in [0.29, 0.717) is 18.5 Å². The van der Waals surface area contributed by atoms with Crippen LogP contribution in [0.1, 0.15) is 98.8 Å². The molecule has 3 atom stereocenters. The number of likely N-dealkylation sites (tertiary alicyclic amines) is 1. The van der Waals surface area contributed by atoms with Crippen LogP contribution in [-0.4, -0.2) is 73.3 Å². The van der Waals surface area contributed by atoms with Gasteiger partial charge in [-0.1, -0.05) is 45.0 Å². The normalized spacial score (nSPS) is 21.3. The molecule has 0 saturated carbocycles. The van der Waals surface area contributed by atoms with Gasteiger partial charge in [-0.15, -0.1) is 10.2 Å². The number of aliphatic hydroxyl groups excluding tert-OH is 1. The highest BCUT2D eigenvalue weighted by atomic mass is 16.5. The smallest absolute Gasteiger partial charge is 0.320 e. The van der Waals surface area contributed by atoms with Crippen LogP contribution in [0.2, 0.25) is 0 Å². The summed E-state index contributed by atoms with van der Waals surface area (Å²) in [6.07, 6.45) is 5.25. The standard InChI is InChI=1S/C34H43N9O4/c1-33(2,3)26-19-27(38-29(37-26)30(45)35-16-18-44)39-32(46)36-24-12-13-25(23-10-7-6-9-22(23)24)47-21-11-14-28-40-41-31(43(28)20-21)34(4)15-8-17-42(34)5/h6-7,9-11,14,19-20,24-25,44H,8,12-13,15-18H2,1-5H3,(H,35,45)(H2,36,37,38,39,46)/t24-,25+,34?/m0/s1. The Balaban J connectivity index is 1.18. The number of amides is 3. The number of nitrogens with zero attached hydrogens (tertiary/aromatic N) is 6. The van der Waals surface area contributed by atoms with Crippen LogP contribution < -0.4 is 20.7 Å². The van der Waals surface area contributed by atoms with Crippen molar-refractivity contribution < 1.29 is 19.4 Å². The van der Waals surface area contributed by atoms with Crippen molar-refractivity contribution in [1.29, 1.82) is 0 Å². The minimum atomic E-state index is -0.527. The molecule has 0 bridgehead atoms. The molecule has 1 aliphatic carbocycles. The van der Waals surface area contributed by atoms with Gasteiger partial charge in [-0.3, -0.25) is 19.4 Å². The van der Waals surface area contributed by atoms with Crippen molar-refractivity contribution in [2.24, 2.45) is 0 Å². The highest BCUT2D eigenvalue weighted by Crippen LogP contribution is 2.40. The first-order valence-electron chi connectivity index (χ1n) is 16.1. The van der Waals surface area contributed by atoms with Gasteiger partial charge in [-0.25, -0.2) is 14.8 Å². The Morgan fingerprint density at radius 3 is 2.60 bits per heavy atom. The lowest BCUT2D eigenvalue weighted by Gasteiger charge is -2.32. The Bertz CT molecular complexity index is 1780. The second kappa shape index (κ2) is 12.9. The van der Waals surface area contributed by atoms with Gasteiger partial charge in [0, 0.05) is 18.0 Å². The van der Waals surface area contributed by atoms with Crippen LogP contribution in [0.4, 0.5) is 10.6 Å².